The number of amides is 1. The lowest BCUT2D eigenvalue weighted by atomic mass is 9.94. The highest BCUT2D eigenvalue weighted by molar-refractivity contribution is 5.78. The summed E-state index contributed by atoms with van der Waals surface area (Å²) in [4.78, 5) is 28.4. The molecule has 2 N–H and O–H groups in total. The molecule has 0 radical (unpaired) electrons. The first-order valence-corrected chi connectivity index (χ1v) is 11.9. The molecule has 1 aliphatic rings. The Morgan fingerprint density at radius 1 is 1.00 bits per heavy atom. The molecule has 1 fully saturated rings. The summed E-state index contributed by atoms with van der Waals surface area (Å²) >= 11 is 0. The Morgan fingerprint density at radius 3 is 2.23 bits per heavy atom. The molecule has 6 nitrogen and oxygen atoms in total. The average molecular weight is 476 g/mol. The van der Waals surface area contributed by atoms with E-state index >= 15 is 0 Å². The van der Waals surface area contributed by atoms with E-state index in [2.05, 4.69) is 30.6 Å². The van der Waals surface area contributed by atoms with Crippen molar-refractivity contribution in [2.24, 2.45) is 5.73 Å². The zero-order valence-electron chi connectivity index (χ0n) is 21.4. The average Bonchev–Trinajstić information content (AvgIpc) is 3.35. The highest BCUT2D eigenvalue weighted by Gasteiger charge is 2.25. The van der Waals surface area contributed by atoms with Crippen molar-refractivity contribution in [3.8, 4) is 11.5 Å². The van der Waals surface area contributed by atoms with Crippen molar-refractivity contribution in [3.05, 3.63) is 88.7 Å². The van der Waals surface area contributed by atoms with Gasteiger partial charge in [0.1, 0.15) is 17.8 Å². The third-order valence-corrected chi connectivity index (χ3v) is 5.79. The summed E-state index contributed by atoms with van der Waals surface area (Å²) in [6.45, 7) is 9.65. The number of rotatable bonds is 6. The van der Waals surface area contributed by atoms with Crippen LogP contribution in [0.1, 0.15) is 65.0 Å². The van der Waals surface area contributed by atoms with Crippen molar-refractivity contribution in [1.29, 1.82) is 0 Å². The van der Waals surface area contributed by atoms with Crippen LogP contribution in [0, 0.1) is 13.8 Å². The number of ether oxygens (including phenoxy) is 1. The molecule has 1 unspecified atom stereocenters. The van der Waals surface area contributed by atoms with Crippen LogP contribution in [0.4, 0.5) is 0 Å². The second-order valence-corrected chi connectivity index (χ2v) is 8.71. The predicted octanol–water partition coefficient (Wildman–Crippen LogP) is 5.63. The second-order valence-electron chi connectivity index (χ2n) is 8.71. The van der Waals surface area contributed by atoms with E-state index in [1.807, 2.05) is 62.4 Å². The van der Waals surface area contributed by atoms with E-state index in [0.29, 0.717) is 23.8 Å². The van der Waals surface area contributed by atoms with Gasteiger partial charge in [-0.1, -0.05) is 44.2 Å². The van der Waals surface area contributed by atoms with Gasteiger partial charge in [0, 0.05) is 36.0 Å². The first-order chi connectivity index (χ1) is 16.9. The fraction of sp³-hybridized carbons (Fsp3) is 0.345. The van der Waals surface area contributed by atoms with Gasteiger partial charge in [0.2, 0.25) is 6.41 Å². The minimum absolute atomic E-state index is 0.211. The fourth-order valence-corrected chi connectivity index (χ4v) is 4.08. The normalized spacial score (nSPS) is 14.4. The Kier molecular flexibility index (Phi) is 11.1. The lowest BCUT2D eigenvalue weighted by Crippen LogP contribution is -2.17. The van der Waals surface area contributed by atoms with E-state index in [0.717, 1.165) is 53.9 Å². The molecule has 4 rings (SSSR count). The summed E-state index contributed by atoms with van der Waals surface area (Å²) in [6.07, 6.45) is 2.64. The summed E-state index contributed by atoms with van der Waals surface area (Å²) in [5, 5.41) is 0. The van der Waals surface area contributed by atoms with E-state index in [1.54, 1.807) is 11.0 Å². The summed E-state index contributed by atoms with van der Waals surface area (Å²) < 4.78 is 6.05. The summed E-state index contributed by atoms with van der Waals surface area (Å²) in [5.41, 5.74) is 9.44. The third-order valence-electron chi connectivity index (χ3n) is 5.79. The highest BCUT2D eigenvalue weighted by atomic mass is 16.5. The number of nitrogens with two attached hydrogens (primary N) is 1. The smallest absolute Gasteiger partial charge is 0.209 e. The van der Waals surface area contributed by atoms with Crippen LogP contribution in [0.2, 0.25) is 0 Å². The van der Waals surface area contributed by atoms with Crippen molar-refractivity contribution in [3.63, 3.8) is 0 Å². The number of benzene rings is 2. The quantitative estimate of drug-likeness (QED) is 0.467. The Balaban J connectivity index is 0.000000363. The molecule has 6 heteroatoms. The zero-order valence-corrected chi connectivity index (χ0v) is 21.4. The number of hydrogen-bond acceptors (Lipinski definition) is 5. The van der Waals surface area contributed by atoms with Crippen LogP contribution in [0.15, 0.2) is 60.7 Å². The number of nitrogens with zero attached hydrogens (tertiary/aromatic N) is 2. The van der Waals surface area contributed by atoms with Gasteiger partial charge in [-0.2, -0.15) is 0 Å². The number of carbonyl (C=O) groups excluding carboxylic acids is 2. The highest BCUT2D eigenvalue weighted by Crippen LogP contribution is 2.34. The number of aldehydes is 1. The number of likely N-dealkylation sites (tertiary alicyclic amines) is 1. The van der Waals surface area contributed by atoms with Crippen LogP contribution in [0.5, 0.6) is 11.5 Å². The van der Waals surface area contributed by atoms with Crippen LogP contribution in [0.25, 0.3) is 0 Å². The molecule has 186 valence electrons. The van der Waals surface area contributed by atoms with Crippen molar-refractivity contribution < 1.29 is 14.3 Å². The van der Waals surface area contributed by atoms with Gasteiger partial charge >= 0.3 is 0 Å². The number of para-hydroxylation sites is 1. The topological polar surface area (TPSA) is 85.5 Å². The first-order valence-electron chi connectivity index (χ1n) is 11.9. The van der Waals surface area contributed by atoms with E-state index in [-0.39, 0.29) is 5.92 Å². The predicted molar refractivity (Wildman–Crippen MR) is 141 cm³/mol. The van der Waals surface area contributed by atoms with Crippen LogP contribution < -0.4 is 10.5 Å². The standard InChI is InChI=1S/C21H23NO3.C7H9N.CH5N/c1-15(2)19-5-3-4-6-21(19)25-18-7-8-20(17(11-18)13-23)16-9-10-22(12-16)14-24;1-6-4-3-5-7(2)8-6;1-2/h3-8,11,13-16H,9-10,12H2,1-2H3;3-5H,1-2H3;2H2,1H3. The first kappa shape index (κ1) is 27.7. The maximum Gasteiger partial charge on any atom is 0.209 e. The van der Waals surface area contributed by atoms with Gasteiger partial charge in [-0.15, -0.1) is 0 Å². The molecule has 1 atom stereocenters. The maximum absolute atomic E-state index is 11.6. The molecule has 0 aliphatic carbocycles. The van der Waals surface area contributed by atoms with Gasteiger partial charge in [-0.25, -0.2) is 0 Å². The van der Waals surface area contributed by atoms with Crippen molar-refractivity contribution in [1.82, 2.24) is 9.88 Å². The molecule has 1 amide bonds. The lowest BCUT2D eigenvalue weighted by molar-refractivity contribution is -0.117. The molecule has 2 aromatic carbocycles. The van der Waals surface area contributed by atoms with E-state index in [9.17, 15) is 9.59 Å². The van der Waals surface area contributed by atoms with Crippen molar-refractivity contribution in [2.75, 3.05) is 20.1 Å². The molecule has 2 heterocycles. The largest absolute Gasteiger partial charge is 0.457 e. The van der Waals surface area contributed by atoms with Crippen molar-refractivity contribution >= 4 is 12.7 Å². The van der Waals surface area contributed by atoms with Gasteiger partial charge in [-0.05, 0) is 74.7 Å². The number of aromatic nitrogens is 1. The summed E-state index contributed by atoms with van der Waals surface area (Å²) in [6, 6.07) is 19.6. The molecule has 35 heavy (non-hydrogen) atoms. The third kappa shape index (κ3) is 8.04. The van der Waals surface area contributed by atoms with Gasteiger partial charge in [-0.3, -0.25) is 14.6 Å². The summed E-state index contributed by atoms with van der Waals surface area (Å²) in [7, 11) is 1.50. The Hall–Kier alpha value is -3.51. The molecule has 0 saturated carbocycles. The Bertz CT molecular complexity index is 1080. The maximum atomic E-state index is 11.6. The van der Waals surface area contributed by atoms with Crippen LogP contribution >= 0.6 is 0 Å². The molecule has 0 spiro atoms. The van der Waals surface area contributed by atoms with E-state index in [4.69, 9.17) is 4.74 Å². The van der Waals surface area contributed by atoms with Gasteiger partial charge in [0.25, 0.3) is 0 Å². The summed E-state index contributed by atoms with van der Waals surface area (Å²) in [5.74, 6) is 2.04. The zero-order chi connectivity index (χ0) is 25.8. The van der Waals surface area contributed by atoms with E-state index in [1.165, 1.54) is 7.05 Å². The minimum atomic E-state index is 0.211. The fourth-order valence-electron chi connectivity index (χ4n) is 4.08. The molecule has 1 saturated heterocycles. The number of carbonyl (C=O) groups is 2. The molecule has 0 bridgehead atoms. The minimum Gasteiger partial charge on any atom is -0.457 e. The SMILES string of the molecule is CC(C)c1ccccc1Oc1ccc(C2CCN(C=O)C2)c(C=O)c1.CN.Cc1cccc(C)n1. The number of hydrogen-bond donors (Lipinski definition) is 1. The van der Waals surface area contributed by atoms with Gasteiger partial charge in [0.15, 0.2) is 0 Å². The molecule has 1 aromatic heterocycles. The number of pyridine rings is 1. The van der Waals surface area contributed by atoms with Crippen LogP contribution in [-0.4, -0.2) is 42.7 Å². The Labute approximate surface area is 209 Å². The van der Waals surface area contributed by atoms with Crippen LogP contribution in [0.3, 0.4) is 0 Å². The number of aryl methyl sites for hydroxylation is 2. The monoisotopic (exact) mass is 475 g/mol. The molecule has 1 aliphatic heterocycles. The second kappa shape index (κ2) is 14.0. The molecular formula is C29H37N3O3. The van der Waals surface area contributed by atoms with Crippen molar-refractivity contribution in [2.45, 2.75) is 46.0 Å². The Morgan fingerprint density at radius 2 is 1.69 bits per heavy atom. The van der Waals surface area contributed by atoms with E-state index < -0.39 is 0 Å². The lowest BCUT2D eigenvalue weighted by Gasteiger charge is -2.16. The molecular weight excluding hydrogens is 438 g/mol. The van der Waals surface area contributed by atoms with Crippen LogP contribution in [-0.2, 0) is 4.79 Å². The van der Waals surface area contributed by atoms with Gasteiger partial charge in [0.05, 0.1) is 0 Å². The van der Waals surface area contributed by atoms with Gasteiger partial charge < -0.3 is 15.4 Å². The molecule has 3 aromatic rings.